The van der Waals surface area contributed by atoms with Crippen molar-refractivity contribution in [3.05, 3.63) is 63.5 Å². The molecule has 10 heteroatoms. The summed E-state index contributed by atoms with van der Waals surface area (Å²) in [5, 5.41) is 9.48. The van der Waals surface area contributed by atoms with Crippen LogP contribution in [-0.2, 0) is 17.6 Å². The number of fused-ring (bicyclic) bond motifs is 1. The largest absolute Gasteiger partial charge is 0.444 e. The number of piperazine rings is 1. The number of benzene rings is 1. The molecule has 2 heterocycles. The van der Waals surface area contributed by atoms with E-state index < -0.39 is 23.2 Å². The molecule has 8 nitrogen and oxygen atoms in total. The van der Waals surface area contributed by atoms with Crippen LogP contribution >= 0.6 is 27.5 Å². The highest BCUT2D eigenvalue weighted by molar-refractivity contribution is 9.10. The zero-order valence-electron chi connectivity index (χ0n) is 22.5. The van der Waals surface area contributed by atoms with Crippen molar-refractivity contribution in [2.45, 2.75) is 64.5 Å². The molecule has 0 saturated carbocycles. The lowest BCUT2D eigenvalue weighted by Crippen LogP contribution is -2.56. The first-order valence-electron chi connectivity index (χ1n) is 13.0. The number of halogens is 2. The summed E-state index contributed by atoms with van der Waals surface area (Å²) >= 11 is 10.0. The Bertz CT molecular complexity index is 1320. The predicted octanol–water partition coefficient (Wildman–Crippen LogP) is 6.17. The van der Waals surface area contributed by atoms with Gasteiger partial charge in [0, 0.05) is 35.1 Å². The number of anilines is 1. The second kappa shape index (κ2) is 11.6. The number of carbonyl (C=O) groups excluding carboxylic acids is 2. The number of hydrogen-bond acceptors (Lipinski definition) is 7. The molecule has 1 aliphatic heterocycles. The summed E-state index contributed by atoms with van der Waals surface area (Å²) in [7, 11) is 0. The first kappa shape index (κ1) is 29.0. The van der Waals surface area contributed by atoms with E-state index in [0.717, 1.165) is 15.6 Å². The highest BCUT2D eigenvalue weighted by Crippen LogP contribution is 2.44. The molecule has 0 radical (unpaired) electrons. The Morgan fingerprint density at radius 2 is 2.08 bits per heavy atom. The molecule has 2 aromatic rings. The maximum atomic E-state index is 14.1. The highest BCUT2D eigenvalue weighted by atomic mass is 79.9. The Morgan fingerprint density at radius 3 is 2.74 bits per heavy atom. The molecule has 4 rings (SSSR count). The van der Waals surface area contributed by atoms with Crippen LogP contribution in [0.1, 0.15) is 61.6 Å². The number of carbonyl (C=O) groups is 2. The van der Waals surface area contributed by atoms with Crippen molar-refractivity contribution in [3.8, 4) is 6.07 Å². The van der Waals surface area contributed by atoms with Crippen molar-refractivity contribution < 1.29 is 14.3 Å². The van der Waals surface area contributed by atoms with Crippen molar-refractivity contribution in [3.63, 3.8) is 0 Å². The van der Waals surface area contributed by atoms with E-state index in [1.807, 2.05) is 49.9 Å². The molecule has 2 aliphatic rings. The number of nitriles is 1. The number of hydrogen-bond donors (Lipinski definition) is 0. The third-order valence-electron chi connectivity index (χ3n) is 7.27. The molecule has 1 aromatic heterocycles. The number of ether oxygens (including phenoxy) is 1. The summed E-state index contributed by atoms with van der Waals surface area (Å²) in [6.45, 7) is 10.6. The molecule has 1 fully saturated rings. The minimum Gasteiger partial charge on any atom is -0.444 e. The monoisotopic (exact) mass is 613 g/mol. The molecular formula is C29H33BrClN5O3. The van der Waals surface area contributed by atoms with Crippen molar-refractivity contribution in [1.29, 1.82) is 5.26 Å². The molecule has 1 aromatic carbocycles. The summed E-state index contributed by atoms with van der Waals surface area (Å²) < 4.78 is 6.54. The molecule has 2 atom stereocenters. The van der Waals surface area contributed by atoms with Gasteiger partial charge in [-0.2, -0.15) is 5.26 Å². The van der Waals surface area contributed by atoms with Gasteiger partial charge in [0.15, 0.2) is 5.78 Å². The number of amides is 1. The summed E-state index contributed by atoms with van der Waals surface area (Å²) in [6, 6.07) is 9.71. The topological polar surface area (TPSA) is 99.4 Å². The van der Waals surface area contributed by atoms with E-state index >= 15 is 0 Å². The number of Topliss-reactive ketones (excluding diaryl/α,β-unsaturated/α-hetero) is 1. The van der Waals surface area contributed by atoms with Gasteiger partial charge in [-0.3, -0.25) is 4.79 Å². The van der Waals surface area contributed by atoms with Gasteiger partial charge in [0.05, 0.1) is 18.5 Å². The maximum Gasteiger partial charge on any atom is 0.410 e. The second-order valence-corrected chi connectivity index (χ2v) is 12.3. The van der Waals surface area contributed by atoms with E-state index in [1.54, 1.807) is 11.0 Å². The van der Waals surface area contributed by atoms with Crippen molar-refractivity contribution in [1.82, 2.24) is 14.9 Å². The molecular weight excluding hydrogens is 582 g/mol. The van der Waals surface area contributed by atoms with Gasteiger partial charge in [-0.25, -0.2) is 14.8 Å². The smallest absolute Gasteiger partial charge is 0.410 e. The molecule has 39 heavy (non-hydrogen) atoms. The fourth-order valence-corrected chi connectivity index (χ4v) is 6.05. The van der Waals surface area contributed by atoms with Crippen molar-refractivity contribution in [2.75, 3.05) is 24.5 Å². The van der Waals surface area contributed by atoms with E-state index in [4.69, 9.17) is 16.3 Å². The fraction of sp³-hybridized carbons (Fsp3) is 0.483. The Labute approximate surface area is 243 Å². The average Bonchev–Trinajstić information content (AvgIpc) is 2.87. The van der Waals surface area contributed by atoms with Crippen LogP contribution in [0.3, 0.4) is 0 Å². The molecule has 0 bridgehead atoms. The zero-order valence-corrected chi connectivity index (χ0v) is 24.9. The Kier molecular flexibility index (Phi) is 8.67. The van der Waals surface area contributed by atoms with E-state index in [0.29, 0.717) is 56.8 Å². The van der Waals surface area contributed by atoms with Crippen LogP contribution < -0.4 is 4.90 Å². The number of nitrogens with zero attached hydrogens (tertiary/aromatic N) is 5. The Hall–Kier alpha value is -2.96. The summed E-state index contributed by atoms with van der Waals surface area (Å²) in [5.41, 5.74) is 0.827. The maximum absolute atomic E-state index is 14.1. The van der Waals surface area contributed by atoms with Crippen LogP contribution in [0.15, 0.2) is 41.4 Å². The Morgan fingerprint density at radius 1 is 1.33 bits per heavy atom. The van der Waals surface area contributed by atoms with Crippen molar-refractivity contribution in [2.24, 2.45) is 5.41 Å². The summed E-state index contributed by atoms with van der Waals surface area (Å²) in [4.78, 5) is 39.6. The van der Waals surface area contributed by atoms with E-state index in [9.17, 15) is 14.9 Å². The SMILES string of the molecule is C=CC[C@@]1(Cc2ccccc2Br)CCc2c(nc(Cl)nc2N2CCN(C(=O)OC(C)(C)C)[C@@H](CC#N)C2)C1=O. The lowest BCUT2D eigenvalue weighted by Gasteiger charge is -2.43. The predicted molar refractivity (Wildman–Crippen MR) is 154 cm³/mol. The van der Waals surface area contributed by atoms with Crippen molar-refractivity contribution >= 4 is 45.2 Å². The van der Waals surface area contributed by atoms with Gasteiger partial charge in [0.1, 0.15) is 17.1 Å². The summed E-state index contributed by atoms with van der Waals surface area (Å²) in [6.07, 6.45) is 3.78. The third kappa shape index (κ3) is 6.28. The van der Waals surface area contributed by atoms with Crippen LogP contribution in [0.2, 0.25) is 5.28 Å². The fourth-order valence-electron chi connectivity index (χ4n) is 5.46. The number of aromatic nitrogens is 2. The number of allylic oxidation sites excluding steroid dienone is 1. The van der Waals surface area contributed by atoms with Gasteiger partial charge in [0.2, 0.25) is 5.28 Å². The van der Waals surface area contributed by atoms with Gasteiger partial charge < -0.3 is 14.5 Å². The van der Waals surface area contributed by atoms with Gasteiger partial charge >= 0.3 is 6.09 Å². The van der Waals surface area contributed by atoms with Gasteiger partial charge in [-0.15, -0.1) is 6.58 Å². The molecule has 0 N–H and O–H groups in total. The standard InChI is InChI=1S/C29H33BrClN5O3/c1-5-12-29(17-19-8-6-7-9-22(19)30)13-10-21-23(24(29)37)33-26(31)34-25(21)35-15-16-36(20(18-35)11-14-32)27(38)39-28(2,3)4/h5-9,20H,1,10-13,15-18H2,2-4H3/t20-,29-/m0/s1. The molecule has 206 valence electrons. The van der Waals surface area contributed by atoms with E-state index in [2.05, 4.69) is 38.5 Å². The lowest BCUT2D eigenvalue weighted by molar-refractivity contribution is 0.0145. The average molecular weight is 615 g/mol. The molecule has 1 saturated heterocycles. The first-order valence-corrected chi connectivity index (χ1v) is 14.2. The van der Waals surface area contributed by atoms with Crippen LogP contribution in [0.25, 0.3) is 0 Å². The second-order valence-electron chi connectivity index (χ2n) is 11.1. The number of ketones is 1. The van der Waals surface area contributed by atoms with Crippen LogP contribution in [0.5, 0.6) is 0 Å². The van der Waals surface area contributed by atoms with Crippen LogP contribution in [0, 0.1) is 16.7 Å². The number of rotatable bonds is 6. The first-order chi connectivity index (χ1) is 18.5. The van der Waals surface area contributed by atoms with Gasteiger partial charge in [0.25, 0.3) is 0 Å². The van der Waals surface area contributed by atoms with Gasteiger partial charge in [-0.05, 0) is 69.7 Å². The molecule has 0 spiro atoms. The quantitative estimate of drug-likeness (QED) is 0.284. The van der Waals surface area contributed by atoms with Crippen LogP contribution in [-0.4, -0.2) is 58.0 Å². The Balaban J connectivity index is 1.65. The van der Waals surface area contributed by atoms with E-state index in [1.165, 1.54) is 0 Å². The minimum atomic E-state index is -0.688. The third-order valence-corrected chi connectivity index (χ3v) is 8.21. The van der Waals surface area contributed by atoms with Gasteiger partial charge in [-0.1, -0.05) is 40.2 Å². The molecule has 0 unspecified atom stereocenters. The van der Waals surface area contributed by atoms with Crippen LogP contribution in [0.4, 0.5) is 10.6 Å². The zero-order chi connectivity index (χ0) is 28.4. The molecule has 1 aliphatic carbocycles. The summed E-state index contributed by atoms with van der Waals surface area (Å²) in [5.74, 6) is 0.532. The molecule has 1 amide bonds. The minimum absolute atomic E-state index is 0.00111. The highest BCUT2D eigenvalue weighted by Gasteiger charge is 2.45. The lowest BCUT2D eigenvalue weighted by atomic mass is 9.66. The van der Waals surface area contributed by atoms with E-state index in [-0.39, 0.29) is 17.5 Å². The normalized spacial score (nSPS) is 21.2.